The van der Waals surface area contributed by atoms with Gasteiger partial charge in [-0.05, 0) is 70.7 Å². The first-order valence-electron chi connectivity index (χ1n) is 10.1. The molecule has 6 nitrogen and oxygen atoms in total. The maximum atomic E-state index is 14.0. The van der Waals surface area contributed by atoms with Gasteiger partial charge in [0.25, 0.3) is 0 Å². The molecule has 2 N–H and O–H groups in total. The van der Waals surface area contributed by atoms with E-state index in [1.165, 1.54) is 30.9 Å². The van der Waals surface area contributed by atoms with Crippen molar-refractivity contribution in [1.82, 2.24) is 10.3 Å². The second-order valence-corrected chi connectivity index (χ2v) is 7.56. The van der Waals surface area contributed by atoms with Crippen molar-refractivity contribution in [2.75, 3.05) is 0 Å². The number of amides is 1. The molecule has 1 amide bonds. The van der Waals surface area contributed by atoms with Crippen LogP contribution in [0.2, 0.25) is 0 Å². The highest BCUT2D eigenvalue weighted by Crippen LogP contribution is 2.44. The van der Waals surface area contributed by atoms with Crippen LogP contribution in [0.3, 0.4) is 0 Å². The Morgan fingerprint density at radius 1 is 1.21 bits per heavy atom. The molecule has 0 bridgehead atoms. The molecule has 10 heteroatoms. The van der Waals surface area contributed by atoms with Gasteiger partial charge in [-0.3, -0.25) is 4.79 Å². The van der Waals surface area contributed by atoms with Crippen LogP contribution in [0.25, 0.3) is 17.2 Å². The van der Waals surface area contributed by atoms with Crippen LogP contribution < -0.4 is 10.1 Å². The molecule has 176 valence electrons. The Hall–Kier alpha value is -4.08. The number of hydrogen-bond acceptors (Lipinski definition) is 5. The lowest BCUT2D eigenvalue weighted by Gasteiger charge is -2.11. The molecule has 0 radical (unpaired) electrons. The molecule has 0 unspecified atom stereocenters. The van der Waals surface area contributed by atoms with E-state index in [1.807, 2.05) is 0 Å². The number of rotatable bonds is 6. The Kier molecular flexibility index (Phi) is 6.14. The summed E-state index contributed by atoms with van der Waals surface area (Å²) in [6, 6.07) is 7.69. The van der Waals surface area contributed by atoms with Gasteiger partial charge in [-0.15, -0.1) is 13.2 Å². The summed E-state index contributed by atoms with van der Waals surface area (Å²) in [6.07, 6.45) is -0.774. The molecular weight excluding hydrogens is 456 g/mol. The Morgan fingerprint density at radius 2 is 2.00 bits per heavy atom. The van der Waals surface area contributed by atoms with Crippen LogP contribution in [0.5, 0.6) is 11.5 Å². The third kappa shape index (κ3) is 5.11. The molecule has 1 aliphatic rings. The summed E-state index contributed by atoms with van der Waals surface area (Å²) >= 11 is 0. The highest BCUT2D eigenvalue weighted by atomic mass is 19.4. The van der Waals surface area contributed by atoms with Crippen molar-refractivity contribution < 1.29 is 36.6 Å². The van der Waals surface area contributed by atoms with Gasteiger partial charge in [0.1, 0.15) is 12.1 Å². The van der Waals surface area contributed by atoms with Gasteiger partial charge in [-0.25, -0.2) is 9.37 Å². The number of benzene rings is 2. The number of carbonyl (C=O) groups excluding carboxylic acids is 1. The van der Waals surface area contributed by atoms with Gasteiger partial charge in [0.15, 0.2) is 17.9 Å². The predicted molar refractivity (Wildman–Crippen MR) is 115 cm³/mol. The van der Waals surface area contributed by atoms with Gasteiger partial charge in [0.05, 0.1) is 18.7 Å². The van der Waals surface area contributed by atoms with Gasteiger partial charge in [0.2, 0.25) is 5.91 Å². The van der Waals surface area contributed by atoms with Gasteiger partial charge in [-0.1, -0.05) is 12.1 Å². The van der Waals surface area contributed by atoms with Crippen LogP contribution in [-0.2, 0) is 11.3 Å². The molecule has 0 saturated carbocycles. The number of hydrogen-bond donors (Lipinski definition) is 2. The molecule has 0 fully saturated rings. The van der Waals surface area contributed by atoms with Gasteiger partial charge in [-0.2, -0.15) is 0 Å². The van der Waals surface area contributed by atoms with Crippen molar-refractivity contribution in [2.24, 2.45) is 0 Å². The maximum absolute atomic E-state index is 14.0. The molecule has 34 heavy (non-hydrogen) atoms. The number of nitrogens with zero attached hydrogens (tertiary/aromatic N) is 1. The Morgan fingerprint density at radius 3 is 2.71 bits per heavy atom. The van der Waals surface area contributed by atoms with Crippen LogP contribution in [0.15, 0.2) is 59.0 Å². The number of aromatic nitrogens is 1. The molecule has 4 rings (SSSR count). The molecule has 1 aliphatic carbocycles. The number of fused-ring (bicyclic) bond motifs is 1. The summed E-state index contributed by atoms with van der Waals surface area (Å²) in [4.78, 5) is 16.5. The highest BCUT2D eigenvalue weighted by molar-refractivity contribution is 6.08. The van der Waals surface area contributed by atoms with Crippen molar-refractivity contribution in [3.8, 4) is 11.5 Å². The number of aromatic hydroxyl groups is 1. The van der Waals surface area contributed by atoms with Crippen molar-refractivity contribution in [3.63, 3.8) is 0 Å². The third-order valence-corrected chi connectivity index (χ3v) is 5.26. The fraction of sp³-hybridized carbons (Fsp3) is 0.167. The zero-order valence-electron chi connectivity index (χ0n) is 17.7. The van der Waals surface area contributed by atoms with Gasteiger partial charge >= 0.3 is 6.36 Å². The Labute approximate surface area is 191 Å². The summed E-state index contributed by atoms with van der Waals surface area (Å²) in [7, 11) is 0. The van der Waals surface area contributed by atoms with Gasteiger partial charge in [0, 0.05) is 0 Å². The lowest BCUT2D eigenvalue weighted by molar-refractivity contribution is -0.275. The molecule has 1 heterocycles. The number of carbonyl (C=O) groups is 1. The number of ether oxygens (including phenoxy) is 1. The minimum absolute atomic E-state index is 0.0461. The normalized spacial score (nSPS) is 14.4. The van der Waals surface area contributed by atoms with Crippen LogP contribution in [0, 0.1) is 5.82 Å². The van der Waals surface area contributed by atoms with E-state index in [2.05, 4.69) is 15.0 Å². The first kappa shape index (κ1) is 23.1. The molecule has 3 aromatic rings. The number of alkyl halides is 3. The number of nitrogens with one attached hydrogen (secondary N) is 1. The average molecular weight is 474 g/mol. The second kappa shape index (κ2) is 9.05. The zero-order chi connectivity index (χ0) is 24.5. The van der Waals surface area contributed by atoms with E-state index in [9.17, 15) is 27.5 Å². The summed E-state index contributed by atoms with van der Waals surface area (Å²) in [5.41, 5.74) is 3.88. The molecule has 0 aliphatic heterocycles. The van der Waals surface area contributed by atoms with Crippen molar-refractivity contribution in [2.45, 2.75) is 26.3 Å². The summed E-state index contributed by atoms with van der Waals surface area (Å²) < 4.78 is 60.7. The van der Waals surface area contributed by atoms with Crippen molar-refractivity contribution in [1.29, 1.82) is 0 Å². The van der Waals surface area contributed by atoms with E-state index in [0.29, 0.717) is 39.1 Å². The van der Waals surface area contributed by atoms with Crippen LogP contribution >= 0.6 is 0 Å². The fourth-order valence-corrected chi connectivity index (χ4v) is 3.71. The number of allylic oxidation sites excluding steroid dienone is 2. The first-order valence-corrected chi connectivity index (χ1v) is 10.1. The average Bonchev–Trinajstić information content (AvgIpc) is 3.36. The van der Waals surface area contributed by atoms with Crippen molar-refractivity contribution >= 4 is 23.1 Å². The molecule has 0 saturated heterocycles. The number of phenolic OH excluding ortho intramolecular Hbond substituents is 1. The topological polar surface area (TPSA) is 84.6 Å². The van der Waals surface area contributed by atoms with E-state index in [0.717, 1.165) is 12.1 Å². The monoisotopic (exact) mass is 474 g/mol. The Balaban J connectivity index is 1.66. The van der Waals surface area contributed by atoms with Crippen molar-refractivity contribution in [3.05, 3.63) is 82.8 Å². The highest BCUT2D eigenvalue weighted by Gasteiger charge is 2.32. The van der Waals surface area contributed by atoms with E-state index >= 15 is 0 Å². The van der Waals surface area contributed by atoms with E-state index in [-0.39, 0.29) is 18.9 Å². The largest absolute Gasteiger partial charge is 0.573 e. The smallest absolute Gasteiger partial charge is 0.504 e. The third-order valence-electron chi connectivity index (χ3n) is 5.26. The molecule has 0 spiro atoms. The number of halogens is 4. The summed E-state index contributed by atoms with van der Waals surface area (Å²) in [6.45, 7) is 1.91. The molecule has 1 aromatic heterocycles. The molecule has 2 aromatic carbocycles. The van der Waals surface area contributed by atoms with Crippen LogP contribution in [0.1, 0.15) is 35.7 Å². The lowest BCUT2D eigenvalue weighted by Crippen LogP contribution is -2.22. The minimum atomic E-state index is -4.97. The molecule has 0 atom stereocenters. The second-order valence-electron chi connectivity index (χ2n) is 7.56. The maximum Gasteiger partial charge on any atom is 0.573 e. The number of oxazole rings is 1. The minimum Gasteiger partial charge on any atom is -0.504 e. The van der Waals surface area contributed by atoms with E-state index in [4.69, 9.17) is 4.42 Å². The Bertz CT molecular complexity index is 1290. The van der Waals surface area contributed by atoms with E-state index < -0.39 is 23.7 Å². The lowest BCUT2D eigenvalue weighted by atomic mass is 10.0. The quantitative estimate of drug-likeness (QED) is 0.464. The summed E-state index contributed by atoms with van der Waals surface area (Å²) in [5.74, 6) is -2.21. The van der Waals surface area contributed by atoms with Gasteiger partial charge < -0.3 is 19.6 Å². The number of phenols is 1. The first-order chi connectivity index (χ1) is 16.1. The van der Waals surface area contributed by atoms with Crippen LogP contribution in [0.4, 0.5) is 17.6 Å². The predicted octanol–water partition coefficient (Wildman–Crippen LogP) is 5.45. The SMILES string of the molecule is CC1=C(CC(=O)NCc2cocn2)c2cc(F)ccc2C1=Cc1ccc(O)c(OC(F)(F)F)c1. The van der Waals surface area contributed by atoms with Crippen LogP contribution in [-0.4, -0.2) is 22.4 Å². The zero-order valence-corrected chi connectivity index (χ0v) is 17.7. The standard InChI is InChI=1S/C24H18F4N2O4/c1-13-18(6-14-2-5-21(31)22(7-14)34-24(26,27)28)17-4-3-15(25)8-20(17)19(13)9-23(32)29-10-16-11-33-12-30-16/h2-8,11-12,31H,9-10H2,1H3,(H,29,32). The molecular formula is C24H18F4N2O4. The van der Waals surface area contributed by atoms with E-state index in [1.54, 1.807) is 19.1 Å². The summed E-state index contributed by atoms with van der Waals surface area (Å²) in [5, 5.41) is 12.4. The fourth-order valence-electron chi connectivity index (χ4n) is 3.71.